The Labute approximate surface area is 145 Å². The Bertz CT molecular complexity index is 664. The zero-order chi connectivity index (χ0) is 18.7. The highest BCUT2D eigenvalue weighted by atomic mass is 19.4. The van der Waals surface area contributed by atoms with Gasteiger partial charge in [0.2, 0.25) is 5.91 Å². The molecule has 0 aromatic heterocycles. The highest BCUT2D eigenvalue weighted by molar-refractivity contribution is 5.83. The number of halogens is 3. The Morgan fingerprint density at radius 3 is 2.56 bits per heavy atom. The Morgan fingerprint density at radius 2 is 2.00 bits per heavy atom. The molecule has 2 rings (SSSR count). The lowest BCUT2D eigenvalue weighted by Crippen LogP contribution is -2.49. The lowest BCUT2D eigenvalue weighted by Gasteiger charge is -2.29. The van der Waals surface area contributed by atoms with E-state index in [1.54, 1.807) is 26.0 Å². The molecule has 1 aliphatic heterocycles. The first-order valence-electron chi connectivity index (χ1n) is 8.27. The summed E-state index contributed by atoms with van der Waals surface area (Å²) in [6.45, 7) is 3.30. The van der Waals surface area contributed by atoms with Gasteiger partial charge in [0.05, 0.1) is 17.0 Å². The molecule has 1 unspecified atom stereocenters. The SMILES string of the molecule is CC1(C)CN(C(CCCCc2ccccc2C#N)C(F)(F)F)NC1=O. The van der Waals surface area contributed by atoms with Crippen molar-refractivity contribution in [3.05, 3.63) is 35.4 Å². The first-order valence-corrected chi connectivity index (χ1v) is 8.27. The largest absolute Gasteiger partial charge is 0.405 e. The zero-order valence-corrected chi connectivity index (χ0v) is 14.4. The van der Waals surface area contributed by atoms with Crippen LogP contribution in [0.3, 0.4) is 0 Å². The summed E-state index contributed by atoms with van der Waals surface area (Å²) in [5.74, 6) is -0.385. The minimum Gasteiger partial charge on any atom is -0.288 e. The van der Waals surface area contributed by atoms with Crippen LogP contribution in [-0.4, -0.2) is 29.7 Å². The summed E-state index contributed by atoms with van der Waals surface area (Å²) in [7, 11) is 0. The number of nitrogens with one attached hydrogen (secondary N) is 1. The molecule has 1 aromatic rings. The van der Waals surface area contributed by atoms with E-state index in [9.17, 15) is 18.0 Å². The van der Waals surface area contributed by atoms with E-state index < -0.39 is 17.6 Å². The third-order valence-electron chi connectivity index (χ3n) is 4.49. The van der Waals surface area contributed by atoms with Crippen LogP contribution in [0.2, 0.25) is 0 Å². The summed E-state index contributed by atoms with van der Waals surface area (Å²) in [6, 6.07) is 7.51. The van der Waals surface area contributed by atoms with Crippen molar-refractivity contribution < 1.29 is 18.0 Å². The maximum atomic E-state index is 13.4. The van der Waals surface area contributed by atoms with Crippen LogP contribution in [0.1, 0.15) is 44.2 Å². The van der Waals surface area contributed by atoms with Gasteiger partial charge in [0.25, 0.3) is 0 Å². The molecule has 0 radical (unpaired) electrons. The molecule has 0 bridgehead atoms. The van der Waals surface area contributed by atoms with Crippen molar-refractivity contribution in [1.29, 1.82) is 5.26 Å². The normalized spacial score (nSPS) is 18.6. The molecule has 1 heterocycles. The number of hydrogen-bond acceptors (Lipinski definition) is 3. The van der Waals surface area contributed by atoms with Crippen LogP contribution in [-0.2, 0) is 11.2 Å². The summed E-state index contributed by atoms with van der Waals surface area (Å²) < 4.78 is 40.2. The number of benzene rings is 1. The molecule has 1 aliphatic rings. The summed E-state index contributed by atoms with van der Waals surface area (Å²) in [5.41, 5.74) is 2.94. The van der Waals surface area contributed by atoms with Gasteiger partial charge < -0.3 is 0 Å². The summed E-state index contributed by atoms with van der Waals surface area (Å²) in [6.07, 6.45) is -3.02. The molecule has 1 N–H and O–H groups in total. The number of hydrazine groups is 1. The monoisotopic (exact) mass is 353 g/mol. The number of nitriles is 1. The maximum absolute atomic E-state index is 13.4. The third kappa shape index (κ3) is 4.73. The van der Waals surface area contributed by atoms with Gasteiger partial charge in [0.1, 0.15) is 6.04 Å². The van der Waals surface area contributed by atoms with E-state index in [0.29, 0.717) is 24.8 Å². The van der Waals surface area contributed by atoms with Crippen LogP contribution in [0.25, 0.3) is 0 Å². The molecule has 0 aliphatic carbocycles. The van der Waals surface area contributed by atoms with Gasteiger partial charge in [-0.2, -0.15) is 18.4 Å². The number of nitrogens with zero attached hydrogens (tertiary/aromatic N) is 2. The average Bonchev–Trinajstić information content (AvgIpc) is 2.79. The molecule has 1 aromatic carbocycles. The van der Waals surface area contributed by atoms with Crippen LogP contribution in [0.4, 0.5) is 13.2 Å². The average molecular weight is 353 g/mol. The fraction of sp³-hybridized carbons (Fsp3) is 0.556. The van der Waals surface area contributed by atoms with Crippen LogP contribution < -0.4 is 5.43 Å². The summed E-state index contributed by atoms with van der Waals surface area (Å²) in [5, 5.41) is 10.1. The molecule has 1 amide bonds. The number of amides is 1. The third-order valence-corrected chi connectivity index (χ3v) is 4.49. The predicted molar refractivity (Wildman–Crippen MR) is 87.2 cm³/mol. The second kappa shape index (κ2) is 7.44. The lowest BCUT2D eigenvalue weighted by atomic mass is 9.94. The van der Waals surface area contributed by atoms with E-state index in [1.807, 2.05) is 12.1 Å². The van der Waals surface area contributed by atoms with E-state index in [4.69, 9.17) is 5.26 Å². The number of carbonyl (C=O) groups excluding carboxylic acids is 1. The highest BCUT2D eigenvalue weighted by Crippen LogP contribution is 2.33. The van der Waals surface area contributed by atoms with Gasteiger partial charge >= 0.3 is 6.18 Å². The Balaban J connectivity index is 1.94. The zero-order valence-electron chi connectivity index (χ0n) is 14.4. The molecule has 4 nitrogen and oxygen atoms in total. The quantitative estimate of drug-likeness (QED) is 0.796. The fourth-order valence-corrected chi connectivity index (χ4v) is 3.00. The molecule has 1 atom stereocenters. The number of aryl methyl sites for hydroxylation is 1. The molecule has 1 saturated heterocycles. The number of alkyl halides is 3. The number of unbranched alkanes of at least 4 members (excludes halogenated alkanes) is 1. The molecule has 0 spiro atoms. The Kier molecular flexibility index (Phi) is 5.73. The lowest BCUT2D eigenvalue weighted by molar-refractivity contribution is -0.190. The number of hydrogen-bond donors (Lipinski definition) is 1. The maximum Gasteiger partial charge on any atom is 0.405 e. The molecule has 1 fully saturated rings. The molecule has 7 heteroatoms. The van der Waals surface area contributed by atoms with Crippen molar-refractivity contribution in [1.82, 2.24) is 10.4 Å². The van der Waals surface area contributed by atoms with Crippen molar-refractivity contribution in [2.45, 2.75) is 51.7 Å². The van der Waals surface area contributed by atoms with Crippen molar-refractivity contribution in [3.8, 4) is 6.07 Å². The second-order valence-electron chi connectivity index (χ2n) is 7.02. The van der Waals surface area contributed by atoms with Gasteiger partial charge in [-0.05, 0) is 44.7 Å². The fourth-order valence-electron chi connectivity index (χ4n) is 3.00. The van der Waals surface area contributed by atoms with E-state index in [-0.39, 0.29) is 18.9 Å². The van der Waals surface area contributed by atoms with E-state index >= 15 is 0 Å². The van der Waals surface area contributed by atoms with Crippen molar-refractivity contribution >= 4 is 5.91 Å². The van der Waals surface area contributed by atoms with Crippen molar-refractivity contribution in [2.24, 2.45) is 5.41 Å². The van der Waals surface area contributed by atoms with Gasteiger partial charge in [-0.1, -0.05) is 24.6 Å². The minimum atomic E-state index is -4.40. The Hall–Kier alpha value is -2.07. The molecular formula is C18H22F3N3O. The molecule has 0 saturated carbocycles. The van der Waals surface area contributed by atoms with Crippen LogP contribution in [0.15, 0.2) is 24.3 Å². The van der Waals surface area contributed by atoms with Crippen LogP contribution >= 0.6 is 0 Å². The van der Waals surface area contributed by atoms with Gasteiger partial charge in [0.15, 0.2) is 0 Å². The Morgan fingerprint density at radius 1 is 1.32 bits per heavy atom. The number of rotatable bonds is 6. The first kappa shape index (κ1) is 19.3. The van der Waals surface area contributed by atoms with Crippen LogP contribution in [0.5, 0.6) is 0 Å². The topological polar surface area (TPSA) is 56.1 Å². The van der Waals surface area contributed by atoms with Crippen molar-refractivity contribution in [2.75, 3.05) is 6.54 Å². The van der Waals surface area contributed by atoms with Gasteiger partial charge in [-0.15, -0.1) is 0 Å². The first-order chi connectivity index (χ1) is 11.6. The van der Waals surface area contributed by atoms with Crippen LogP contribution in [0, 0.1) is 16.7 Å². The van der Waals surface area contributed by atoms with E-state index in [0.717, 1.165) is 10.6 Å². The van der Waals surface area contributed by atoms with E-state index in [1.165, 1.54) is 0 Å². The van der Waals surface area contributed by atoms with Gasteiger partial charge in [-0.3, -0.25) is 10.2 Å². The van der Waals surface area contributed by atoms with E-state index in [2.05, 4.69) is 11.5 Å². The second-order valence-corrected chi connectivity index (χ2v) is 7.02. The predicted octanol–water partition coefficient (Wildman–Crippen LogP) is 3.57. The highest BCUT2D eigenvalue weighted by Gasteiger charge is 2.49. The molecule has 25 heavy (non-hydrogen) atoms. The minimum absolute atomic E-state index is 0.0350. The summed E-state index contributed by atoms with van der Waals surface area (Å²) in [4.78, 5) is 11.8. The van der Waals surface area contributed by atoms with Gasteiger partial charge in [0, 0.05) is 6.54 Å². The van der Waals surface area contributed by atoms with Gasteiger partial charge in [-0.25, -0.2) is 5.01 Å². The van der Waals surface area contributed by atoms with Crippen molar-refractivity contribution in [3.63, 3.8) is 0 Å². The molecular weight excluding hydrogens is 331 g/mol. The standard InChI is InChI=1S/C18H22F3N3O/c1-17(2)12-24(23-16(17)25)15(18(19,20)21)10-6-5-8-13-7-3-4-9-14(13)11-22/h3-4,7,9,15H,5-6,8,10,12H2,1-2H3,(H,23,25). The molecule has 136 valence electrons. The number of carbonyl (C=O) groups is 1. The summed E-state index contributed by atoms with van der Waals surface area (Å²) >= 11 is 0. The smallest absolute Gasteiger partial charge is 0.288 e.